The molecule has 1 aromatic heterocycles. The van der Waals surface area contributed by atoms with E-state index in [-0.39, 0.29) is 12.1 Å². The van der Waals surface area contributed by atoms with Crippen molar-refractivity contribution in [3.63, 3.8) is 0 Å². The van der Waals surface area contributed by atoms with Gasteiger partial charge in [0.25, 0.3) is 0 Å². The summed E-state index contributed by atoms with van der Waals surface area (Å²) in [5.41, 5.74) is 2.20. The van der Waals surface area contributed by atoms with Gasteiger partial charge in [0.15, 0.2) is 0 Å². The predicted molar refractivity (Wildman–Crippen MR) is 102 cm³/mol. The zero-order chi connectivity index (χ0) is 17.9. The van der Waals surface area contributed by atoms with Gasteiger partial charge in [-0.25, -0.2) is 9.78 Å². The molecule has 2 atom stereocenters. The number of carbonyl (C=O) groups excluding carboxylic acids is 1. The zero-order valence-electron chi connectivity index (χ0n) is 15.5. The van der Waals surface area contributed by atoms with Crippen LogP contribution in [0, 0.1) is 5.92 Å². The molecule has 26 heavy (non-hydrogen) atoms. The van der Waals surface area contributed by atoms with Crippen LogP contribution in [0.25, 0.3) is 5.69 Å². The first-order valence-electron chi connectivity index (χ1n) is 9.88. The van der Waals surface area contributed by atoms with Crippen molar-refractivity contribution in [1.82, 2.24) is 19.8 Å². The van der Waals surface area contributed by atoms with E-state index in [0.29, 0.717) is 12.0 Å². The molecule has 2 heterocycles. The van der Waals surface area contributed by atoms with Crippen molar-refractivity contribution in [2.45, 2.75) is 57.5 Å². The van der Waals surface area contributed by atoms with E-state index in [4.69, 9.17) is 0 Å². The summed E-state index contributed by atoms with van der Waals surface area (Å²) in [6.45, 7) is 2.96. The minimum atomic E-state index is 0.00386. The van der Waals surface area contributed by atoms with Gasteiger partial charge in [-0.15, -0.1) is 0 Å². The molecular weight excluding hydrogens is 324 g/mol. The standard InChI is InChI=1S/C21H28N4O/c1-16(17-8-10-19(11-9-17)24-14-12-22-15-24)23-21(26)25-13-4-7-20(25)18-5-2-3-6-18/h8-12,14-16,18,20H,2-7,13H2,1H3,(H,23,26)/t16-,20-/m0/s1. The molecule has 138 valence electrons. The van der Waals surface area contributed by atoms with E-state index in [1.165, 1.54) is 32.1 Å². The first kappa shape index (κ1) is 17.1. The Balaban J connectivity index is 1.39. The molecule has 5 heteroatoms. The monoisotopic (exact) mass is 352 g/mol. The maximum Gasteiger partial charge on any atom is 0.318 e. The smallest absolute Gasteiger partial charge is 0.318 e. The Morgan fingerprint density at radius 3 is 2.62 bits per heavy atom. The quantitative estimate of drug-likeness (QED) is 0.892. The van der Waals surface area contributed by atoms with E-state index < -0.39 is 0 Å². The number of nitrogens with zero attached hydrogens (tertiary/aromatic N) is 3. The van der Waals surface area contributed by atoms with Crippen molar-refractivity contribution in [2.24, 2.45) is 5.92 Å². The second-order valence-electron chi connectivity index (χ2n) is 7.68. The summed E-state index contributed by atoms with van der Waals surface area (Å²) in [5.74, 6) is 0.716. The van der Waals surface area contributed by atoms with Crippen LogP contribution in [0.3, 0.4) is 0 Å². The first-order valence-corrected chi connectivity index (χ1v) is 9.88. The van der Waals surface area contributed by atoms with Crippen LogP contribution in [0.15, 0.2) is 43.0 Å². The van der Waals surface area contributed by atoms with Crippen LogP contribution >= 0.6 is 0 Å². The van der Waals surface area contributed by atoms with Crippen molar-refractivity contribution in [3.8, 4) is 5.69 Å². The summed E-state index contributed by atoms with van der Waals surface area (Å²) < 4.78 is 1.98. The van der Waals surface area contributed by atoms with Crippen LogP contribution in [0.1, 0.15) is 57.1 Å². The van der Waals surface area contributed by atoms with Crippen LogP contribution in [-0.4, -0.2) is 33.1 Å². The molecule has 4 rings (SSSR count). The van der Waals surface area contributed by atoms with Gasteiger partial charge in [-0.05, 0) is 56.2 Å². The van der Waals surface area contributed by atoms with E-state index >= 15 is 0 Å². The number of imidazole rings is 1. The normalized spacial score (nSPS) is 21.9. The van der Waals surface area contributed by atoms with Gasteiger partial charge >= 0.3 is 6.03 Å². The van der Waals surface area contributed by atoms with Crippen molar-refractivity contribution in [1.29, 1.82) is 0 Å². The Hall–Kier alpha value is -2.30. The number of hydrogen-bond acceptors (Lipinski definition) is 2. The van der Waals surface area contributed by atoms with Gasteiger partial charge in [0.05, 0.1) is 12.4 Å². The third-order valence-electron chi connectivity index (χ3n) is 6.04. The molecule has 1 aliphatic heterocycles. The number of hydrogen-bond donors (Lipinski definition) is 1. The highest BCUT2D eigenvalue weighted by atomic mass is 16.2. The lowest BCUT2D eigenvalue weighted by Gasteiger charge is -2.30. The average molecular weight is 352 g/mol. The molecule has 1 saturated carbocycles. The molecule has 5 nitrogen and oxygen atoms in total. The van der Waals surface area contributed by atoms with E-state index in [9.17, 15) is 4.79 Å². The van der Waals surface area contributed by atoms with Crippen LogP contribution in [0.2, 0.25) is 0 Å². The Morgan fingerprint density at radius 2 is 1.92 bits per heavy atom. The van der Waals surface area contributed by atoms with Crippen LogP contribution in [0.4, 0.5) is 4.79 Å². The van der Waals surface area contributed by atoms with Crippen molar-refractivity contribution >= 4 is 6.03 Å². The van der Waals surface area contributed by atoms with E-state index in [1.54, 1.807) is 12.5 Å². The molecule has 1 saturated heterocycles. The molecule has 2 aromatic rings. The largest absolute Gasteiger partial charge is 0.331 e. The number of carbonyl (C=O) groups is 1. The van der Waals surface area contributed by atoms with Crippen molar-refractivity contribution in [2.75, 3.05) is 6.54 Å². The summed E-state index contributed by atoms with van der Waals surface area (Å²) in [7, 11) is 0. The number of aromatic nitrogens is 2. The van der Waals surface area contributed by atoms with E-state index in [1.807, 2.05) is 10.8 Å². The minimum absolute atomic E-state index is 0.00386. The number of nitrogens with one attached hydrogen (secondary N) is 1. The van der Waals surface area contributed by atoms with Gasteiger partial charge in [0, 0.05) is 30.7 Å². The lowest BCUT2D eigenvalue weighted by Crippen LogP contribution is -2.45. The molecule has 2 fully saturated rings. The van der Waals surface area contributed by atoms with Gasteiger partial charge in [-0.1, -0.05) is 25.0 Å². The fourth-order valence-corrected chi connectivity index (χ4v) is 4.58. The van der Waals surface area contributed by atoms with Gasteiger partial charge in [-0.2, -0.15) is 0 Å². The lowest BCUT2D eigenvalue weighted by atomic mass is 9.96. The topological polar surface area (TPSA) is 50.2 Å². The molecule has 2 aliphatic rings. The lowest BCUT2D eigenvalue weighted by molar-refractivity contribution is 0.170. The van der Waals surface area contributed by atoms with Gasteiger partial charge in [-0.3, -0.25) is 0 Å². The number of benzene rings is 1. The van der Waals surface area contributed by atoms with Gasteiger partial charge < -0.3 is 14.8 Å². The molecule has 0 unspecified atom stereocenters. The van der Waals surface area contributed by atoms with E-state index in [2.05, 4.69) is 46.4 Å². The highest BCUT2D eigenvalue weighted by Crippen LogP contribution is 2.35. The fraction of sp³-hybridized carbons (Fsp3) is 0.524. The molecule has 0 spiro atoms. The Bertz CT molecular complexity index is 719. The second-order valence-corrected chi connectivity index (χ2v) is 7.68. The maximum absolute atomic E-state index is 12.9. The molecule has 2 amide bonds. The first-order chi connectivity index (χ1) is 12.7. The van der Waals surface area contributed by atoms with Crippen LogP contribution < -0.4 is 5.32 Å². The Kier molecular flexibility index (Phi) is 4.96. The van der Waals surface area contributed by atoms with Crippen LogP contribution in [0.5, 0.6) is 0 Å². The molecular formula is C21H28N4O. The Morgan fingerprint density at radius 1 is 1.15 bits per heavy atom. The molecule has 1 N–H and O–H groups in total. The van der Waals surface area contributed by atoms with Gasteiger partial charge in [0.1, 0.15) is 0 Å². The predicted octanol–water partition coefficient (Wildman–Crippen LogP) is 4.30. The van der Waals surface area contributed by atoms with Crippen molar-refractivity contribution in [3.05, 3.63) is 48.5 Å². The van der Waals surface area contributed by atoms with Crippen molar-refractivity contribution < 1.29 is 4.79 Å². The summed E-state index contributed by atoms with van der Waals surface area (Å²) >= 11 is 0. The molecule has 0 bridgehead atoms. The molecule has 1 aliphatic carbocycles. The molecule has 1 aromatic carbocycles. The summed E-state index contributed by atoms with van der Waals surface area (Å²) in [5, 5.41) is 3.21. The fourth-order valence-electron chi connectivity index (χ4n) is 4.58. The minimum Gasteiger partial charge on any atom is -0.331 e. The third kappa shape index (κ3) is 3.48. The van der Waals surface area contributed by atoms with Crippen LogP contribution in [-0.2, 0) is 0 Å². The summed E-state index contributed by atoms with van der Waals surface area (Å²) in [6.07, 6.45) is 13.0. The number of rotatable bonds is 4. The summed E-state index contributed by atoms with van der Waals surface area (Å²) in [6, 6.07) is 8.86. The second kappa shape index (κ2) is 7.52. The van der Waals surface area contributed by atoms with Gasteiger partial charge in [0.2, 0.25) is 0 Å². The Labute approximate surface area is 155 Å². The molecule has 0 radical (unpaired) electrons. The highest BCUT2D eigenvalue weighted by Gasteiger charge is 2.36. The average Bonchev–Trinajstić information content (AvgIpc) is 3.43. The summed E-state index contributed by atoms with van der Waals surface area (Å²) in [4.78, 5) is 19.0. The SMILES string of the molecule is C[C@H](NC(=O)N1CCC[C@H]1C1CCCC1)c1ccc(-n2ccnc2)cc1. The highest BCUT2D eigenvalue weighted by molar-refractivity contribution is 5.75. The van der Waals surface area contributed by atoms with E-state index in [0.717, 1.165) is 24.2 Å². The number of amides is 2. The number of likely N-dealkylation sites (tertiary alicyclic amines) is 1. The zero-order valence-corrected chi connectivity index (χ0v) is 15.5. The third-order valence-corrected chi connectivity index (χ3v) is 6.04. The number of urea groups is 1. The maximum atomic E-state index is 12.9.